The summed E-state index contributed by atoms with van der Waals surface area (Å²) in [5.41, 5.74) is 2.35. The quantitative estimate of drug-likeness (QED) is 0.707. The van der Waals surface area contributed by atoms with E-state index in [1.807, 2.05) is 37.6 Å². The summed E-state index contributed by atoms with van der Waals surface area (Å²) in [6.45, 7) is 9.55. The summed E-state index contributed by atoms with van der Waals surface area (Å²) in [6.07, 6.45) is 3.69. The van der Waals surface area contributed by atoms with E-state index in [0.29, 0.717) is 57.8 Å². The molecule has 0 aliphatic carbocycles. The van der Waals surface area contributed by atoms with Gasteiger partial charge in [-0.25, -0.2) is 0 Å². The lowest BCUT2D eigenvalue weighted by Crippen LogP contribution is -2.47. The van der Waals surface area contributed by atoms with E-state index in [2.05, 4.69) is 5.10 Å². The van der Waals surface area contributed by atoms with Gasteiger partial charge in [-0.1, -0.05) is 6.92 Å². The van der Waals surface area contributed by atoms with Crippen molar-refractivity contribution in [3.05, 3.63) is 17.0 Å². The molecule has 0 saturated carbocycles. The van der Waals surface area contributed by atoms with Crippen molar-refractivity contribution in [1.29, 1.82) is 0 Å². The van der Waals surface area contributed by atoms with Crippen LogP contribution in [0, 0.1) is 5.92 Å². The van der Waals surface area contributed by atoms with Gasteiger partial charge >= 0.3 is 0 Å². The number of fused-ring (bicyclic) bond motifs is 1. The zero-order valence-electron chi connectivity index (χ0n) is 18.8. The van der Waals surface area contributed by atoms with Gasteiger partial charge in [-0.3, -0.25) is 19.1 Å². The number of likely N-dealkylation sites (tertiary alicyclic amines) is 1. The number of rotatable bonds is 6. The van der Waals surface area contributed by atoms with Crippen molar-refractivity contribution in [2.24, 2.45) is 13.0 Å². The van der Waals surface area contributed by atoms with E-state index in [0.717, 1.165) is 30.5 Å². The maximum Gasteiger partial charge on any atom is 0.274 e. The number of carbonyl (C=O) groups is 3. The summed E-state index contributed by atoms with van der Waals surface area (Å²) in [6, 6.07) is 0. The molecule has 0 N–H and O–H groups in total. The lowest BCUT2D eigenvalue weighted by Gasteiger charge is -2.34. The first-order valence-corrected chi connectivity index (χ1v) is 11.3. The van der Waals surface area contributed by atoms with Crippen molar-refractivity contribution in [3.63, 3.8) is 0 Å². The van der Waals surface area contributed by atoms with E-state index in [4.69, 9.17) is 0 Å². The van der Waals surface area contributed by atoms with Gasteiger partial charge in [-0.05, 0) is 33.1 Å². The van der Waals surface area contributed by atoms with Gasteiger partial charge in [0, 0.05) is 70.4 Å². The van der Waals surface area contributed by atoms with E-state index in [1.165, 1.54) is 0 Å². The van der Waals surface area contributed by atoms with Crippen LogP contribution in [-0.2, 0) is 29.6 Å². The fourth-order valence-corrected chi connectivity index (χ4v) is 4.66. The Morgan fingerprint density at radius 1 is 1.10 bits per heavy atom. The van der Waals surface area contributed by atoms with E-state index < -0.39 is 0 Å². The Morgan fingerprint density at radius 2 is 1.83 bits per heavy atom. The molecule has 1 aromatic heterocycles. The average molecular weight is 418 g/mol. The lowest BCUT2D eigenvalue weighted by molar-refractivity contribution is -0.136. The second-order valence-electron chi connectivity index (χ2n) is 8.31. The monoisotopic (exact) mass is 417 g/mol. The first kappa shape index (κ1) is 22.3. The number of hydrogen-bond acceptors (Lipinski definition) is 4. The number of nitrogens with zero attached hydrogens (tertiary/aromatic N) is 5. The van der Waals surface area contributed by atoms with Crippen molar-refractivity contribution in [2.45, 2.75) is 59.4 Å². The predicted octanol–water partition coefficient (Wildman–Crippen LogP) is 1.83. The highest BCUT2D eigenvalue weighted by Gasteiger charge is 2.35. The molecule has 1 fully saturated rings. The van der Waals surface area contributed by atoms with Crippen LogP contribution in [0.25, 0.3) is 0 Å². The van der Waals surface area contributed by atoms with Gasteiger partial charge in [-0.15, -0.1) is 0 Å². The fraction of sp³-hybridized carbons (Fsp3) is 0.727. The van der Waals surface area contributed by atoms with Gasteiger partial charge in [0.15, 0.2) is 5.69 Å². The van der Waals surface area contributed by atoms with Crippen LogP contribution in [-0.4, -0.2) is 74.9 Å². The molecule has 0 aromatic carbocycles. The third kappa shape index (κ3) is 4.37. The summed E-state index contributed by atoms with van der Waals surface area (Å²) in [7, 11) is 1.86. The van der Waals surface area contributed by atoms with Crippen molar-refractivity contribution in [2.75, 3.05) is 32.7 Å². The van der Waals surface area contributed by atoms with Crippen LogP contribution in [0.2, 0.25) is 0 Å². The van der Waals surface area contributed by atoms with Crippen molar-refractivity contribution >= 4 is 17.7 Å². The van der Waals surface area contributed by atoms with Gasteiger partial charge in [0.05, 0.1) is 5.92 Å². The van der Waals surface area contributed by atoms with Gasteiger partial charge in [0.25, 0.3) is 5.91 Å². The second-order valence-corrected chi connectivity index (χ2v) is 8.31. The molecule has 0 bridgehead atoms. The first-order valence-electron chi connectivity index (χ1n) is 11.3. The van der Waals surface area contributed by atoms with Crippen LogP contribution in [0.5, 0.6) is 0 Å². The molecular weight excluding hydrogens is 382 g/mol. The number of carbonyl (C=O) groups excluding carboxylic acids is 3. The number of amides is 3. The van der Waals surface area contributed by atoms with Crippen LogP contribution in [0.3, 0.4) is 0 Å². The van der Waals surface area contributed by atoms with Gasteiger partial charge in [0.1, 0.15) is 0 Å². The topological polar surface area (TPSA) is 78.8 Å². The zero-order chi connectivity index (χ0) is 21.8. The summed E-state index contributed by atoms with van der Waals surface area (Å²) >= 11 is 0. The first-order chi connectivity index (χ1) is 14.4. The molecule has 1 atom stereocenters. The van der Waals surface area contributed by atoms with Crippen LogP contribution in [0.4, 0.5) is 0 Å². The highest BCUT2D eigenvalue weighted by molar-refractivity contribution is 5.95. The molecule has 2 aliphatic heterocycles. The zero-order valence-corrected chi connectivity index (χ0v) is 18.8. The summed E-state index contributed by atoms with van der Waals surface area (Å²) in [5, 5.41) is 4.54. The number of aryl methyl sites for hydroxylation is 1. The van der Waals surface area contributed by atoms with Gasteiger partial charge < -0.3 is 14.7 Å². The molecule has 3 rings (SSSR count). The minimum absolute atomic E-state index is 0.117. The normalized spacial score (nSPS) is 18.9. The third-order valence-corrected chi connectivity index (χ3v) is 6.39. The molecular formula is C22H35N5O3. The van der Waals surface area contributed by atoms with E-state index in [9.17, 15) is 14.4 Å². The van der Waals surface area contributed by atoms with Crippen molar-refractivity contribution in [1.82, 2.24) is 24.5 Å². The Hall–Kier alpha value is -2.38. The molecule has 8 heteroatoms. The summed E-state index contributed by atoms with van der Waals surface area (Å²) < 4.78 is 1.78. The molecule has 3 heterocycles. The van der Waals surface area contributed by atoms with E-state index >= 15 is 0 Å². The Labute approximate surface area is 179 Å². The molecule has 2 aliphatic rings. The third-order valence-electron chi connectivity index (χ3n) is 6.39. The van der Waals surface area contributed by atoms with Crippen LogP contribution in [0.15, 0.2) is 0 Å². The van der Waals surface area contributed by atoms with Crippen molar-refractivity contribution in [3.8, 4) is 0 Å². The predicted molar refractivity (Wildman–Crippen MR) is 114 cm³/mol. The smallest absolute Gasteiger partial charge is 0.274 e. The van der Waals surface area contributed by atoms with E-state index in [-0.39, 0.29) is 23.6 Å². The Balaban J connectivity index is 1.77. The molecule has 0 spiro atoms. The standard InChI is InChI=1S/C22H35N5O3/c1-5-9-19(28)26-13-11-18-17(15-26)20(23-24(18)4)22(30)27-12-8-10-16(14-27)21(29)25(6-2)7-3/h16H,5-15H2,1-4H3. The molecule has 0 radical (unpaired) electrons. The molecule has 3 amide bonds. The highest BCUT2D eigenvalue weighted by Crippen LogP contribution is 2.26. The Morgan fingerprint density at radius 3 is 2.50 bits per heavy atom. The minimum Gasteiger partial charge on any atom is -0.343 e. The molecule has 30 heavy (non-hydrogen) atoms. The van der Waals surface area contributed by atoms with Gasteiger partial charge in [-0.2, -0.15) is 5.10 Å². The van der Waals surface area contributed by atoms with Crippen molar-refractivity contribution < 1.29 is 14.4 Å². The SMILES string of the molecule is CCCC(=O)N1CCc2c(c(C(=O)N3CCCC(C(=O)N(CC)CC)C3)nn2C)C1. The summed E-state index contributed by atoms with van der Waals surface area (Å²) in [4.78, 5) is 44.1. The second kappa shape index (κ2) is 9.62. The Kier molecular flexibility index (Phi) is 7.15. The maximum atomic E-state index is 13.4. The van der Waals surface area contributed by atoms with Crippen LogP contribution >= 0.6 is 0 Å². The van der Waals surface area contributed by atoms with E-state index in [1.54, 1.807) is 9.58 Å². The minimum atomic E-state index is -0.148. The maximum absolute atomic E-state index is 13.4. The molecule has 166 valence electrons. The molecule has 1 saturated heterocycles. The van der Waals surface area contributed by atoms with Crippen LogP contribution < -0.4 is 0 Å². The molecule has 1 unspecified atom stereocenters. The summed E-state index contributed by atoms with van der Waals surface area (Å²) in [5.74, 6) is 0.00333. The molecule has 8 nitrogen and oxygen atoms in total. The van der Waals surface area contributed by atoms with Crippen LogP contribution in [0.1, 0.15) is 68.2 Å². The Bertz CT molecular complexity index is 799. The number of aromatic nitrogens is 2. The number of hydrogen-bond donors (Lipinski definition) is 0. The molecule has 1 aromatic rings. The lowest BCUT2D eigenvalue weighted by atomic mass is 9.95. The highest BCUT2D eigenvalue weighted by atomic mass is 16.2. The average Bonchev–Trinajstić information content (AvgIpc) is 3.10. The van der Waals surface area contributed by atoms with Gasteiger partial charge in [0.2, 0.25) is 11.8 Å². The number of piperidine rings is 1. The fourth-order valence-electron chi connectivity index (χ4n) is 4.66. The largest absolute Gasteiger partial charge is 0.343 e.